The maximum atomic E-state index is 11.6. The summed E-state index contributed by atoms with van der Waals surface area (Å²) in [5.74, 6) is 0. The summed E-state index contributed by atoms with van der Waals surface area (Å²) >= 11 is 0. The molecule has 0 spiro atoms. The van der Waals surface area contributed by atoms with Gasteiger partial charge in [0.15, 0.2) is 0 Å². The Morgan fingerprint density at radius 1 is 1.45 bits per heavy atom. The van der Waals surface area contributed by atoms with Gasteiger partial charge in [-0.3, -0.25) is 5.10 Å². The van der Waals surface area contributed by atoms with Crippen molar-refractivity contribution in [2.24, 2.45) is 0 Å². The highest BCUT2D eigenvalue weighted by atomic mass is 16.6. The lowest BCUT2D eigenvalue weighted by Crippen LogP contribution is -2.53. The average molecular weight is 280 g/mol. The molecule has 1 aromatic heterocycles. The van der Waals surface area contributed by atoms with Gasteiger partial charge in [-0.15, -0.1) is 0 Å². The maximum Gasteiger partial charge on any atom is 0.407 e. The summed E-state index contributed by atoms with van der Waals surface area (Å²) in [7, 11) is 0. The van der Waals surface area contributed by atoms with Crippen molar-refractivity contribution in [3.05, 3.63) is 18.0 Å². The predicted molar refractivity (Wildman–Crippen MR) is 76.3 cm³/mol. The van der Waals surface area contributed by atoms with E-state index in [1.807, 2.05) is 26.8 Å². The largest absolute Gasteiger partial charge is 0.444 e. The summed E-state index contributed by atoms with van der Waals surface area (Å²) < 4.78 is 5.24. The highest BCUT2D eigenvalue weighted by Gasteiger charge is 2.32. The van der Waals surface area contributed by atoms with Crippen LogP contribution in [0.15, 0.2) is 12.3 Å². The van der Waals surface area contributed by atoms with Gasteiger partial charge in [0.05, 0.1) is 5.69 Å². The molecule has 0 aromatic carbocycles. The van der Waals surface area contributed by atoms with Crippen LogP contribution in [0.4, 0.5) is 4.79 Å². The fraction of sp³-hybridized carbons (Fsp3) is 0.714. The maximum absolute atomic E-state index is 11.6. The number of H-pyrrole nitrogens is 1. The Morgan fingerprint density at radius 2 is 2.15 bits per heavy atom. The Labute approximate surface area is 119 Å². The number of rotatable bonds is 4. The van der Waals surface area contributed by atoms with Crippen molar-refractivity contribution in [2.75, 3.05) is 0 Å². The number of hydrogen-bond donors (Lipinski definition) is 3. The van der Waals surface area contributed by atoms with Gasteiger partial charge >= 0.3 is 6.09 Å². The molecule has 0 saturated heterocycles. The lowest BCUT2D eigenvalue weighted by atomic mass is 9.86. The molecule has 1 atom stereocenters. The quantitative estimate of drug-likeness (QED) is 0.789. The Hall–Kier alpha value is -1.56. The van der Waals surface area contributed by atoms with Crippen LogP contribution < -0.4 is 10.6 Å². The second-order valence-corrected chi connectivity index (χ2v) is 6.41. The molecular weight excluding hydrogens is 256 g/mol. The molecule has 1 aliphatic carbocycles. The van der Waals surface area contributed by atoms with Gasteiger partial charge in [0.2, 0.25) is 0 Å². The minimum Gasteiger partial charge on any atom is -0.444 e. The molecule has 20 heavy (non-hydrogen) atoms. The van der Waals surface area contributed by atoms with E-state index in [-0.39, 0.29) is 18.2 Å². The number of aromatic amines is 1. The zero-order valence-electron chi connectivity index (χ0n) is 12.6. The zero-order chi connectivity index (χ0) is 14.8. The summed E-state index contributed by atoms with van der Waals surface area (Å²) in [5.41, 5.74) is 0.634. The first-order valence-corrected chi connectivity index (χ1v) is 7.08. The Morgan fingerprint density at radius 3 is 2.70 bits per heavy atom. The Kier molecular flexibility index (Phi) is 4.32. The van der Waals surface area contributed by atoms with Crippen LogP contribution in [0.5, 0.6) is 0 Å². The average Bonchev–Trinajstić information content (AvgIpc) is 2.76. The fourth-order valence-electron chi connectivity index (χ4n) is 2.30. The van der Waals surface area contributed by atoms with E-state index >= 15 is 0 Å². The molecule has 1 fully saturated rings. The Balaban J connectivity index is 1.66. The van der Waals surface area contributed by atoms with Crippen molar-refractivity contribution < 1.29 is 9.53 Å². The number of hydrogen-bond acceptors (Lipinski definition) is 4. The van der Waals surface area contributed by atoms with Gasteiger partial charge in [0, 0.05) is 24.3 Å². The summed E-state index contributed by atoms with van der Waals surface area (Å²) in [6.07, 6.45) is 3.28. The number of nitrogens with one attached hydrogen (secondary N) is 3. The van der Waals surface area contributed by atoms with E-state index in [0.29, 0.717) is 6.04 Å². The normalized spacial score (nSPS) is 23.8. The van der Waals surface area contributed by atoms with Gasteiger partial charge in [-0.2, -0.15) is 5.10 Å². The lowest BCUT2D eigenvalue weighted by molar-refractivity contribution is 0.0463. The number of carbonyl (C=O) groups excluding carboxylic acids is 1. The SMILES string of the molecule is CC(NC1CC(NC(=O)OC(C)(C)C)C1)c1ccn[nH]1. The van der Waals surface area contributed by atoms with Gasteiger partial charge in [0.25, 0.3) is 0 Å². The van der Waals surface area contributed by atoms with Gasteiger partial charge in [-0.1, -0.05) is 0 Å². The molecule has 1 amide bonds. The first-order valence-electron chi connectivity index (χ1n) is 7.08. The summed E-state index contributed by atoms with van der Waals surface area (Å²) in [6.45, 7) is 7.69. The number of ether oxygens (including phenoxy) is 1. The first-order chi connectivity index (χ1) is 9.33. The van der Waals surface area contributed by atoms with Crippen molar-refractivity contribution in [3.63, 3.8) is 0 Å². The molecule has 6 nitrogen and oxygen atoms in total. The molecule has 1 aromatic rings. The van der Waals surface area contributed by atoms with Crippen LogP contribution >= 0.6 is 0 Å². The second-order valence-electron chi connectivity index (χ2n) is 6.41. The van der Waals surface area contributed by atoms with Crippen molar-refractivity contribution in [1.82, 2.24) is 20.8 Å². The molecule has 0 aliphatic heterocycles. The summed E-state index contributed by atoms with van der Waals surface area (Å²) in [5, 5.41) is 13.3. The van der Waals surface area contributed by atoms with Crippen LogP contribution in [0.2, 0.25) is 0 Å². The van der Waals surface area contributed by atoms with Gasteiger partial charge < -0.3 is 15.4 Å². The van der Waals surface area contributed by atoms with E-state index < -0.39 is 5.60 Å². The van der Waals surface area contributed by atoms with Crippen molar-refractivity contribution >= 4 is 6.09 Å². The van der Waals surface area contributed by atoms with E-state index in [9.17, 15) is 4.79 Å². The first kappa shape index (κ1) is 14.8. The number of aromatic nitrogens is 2. The van der Waals surface area contributed by atoms with E-state index in [1.54, 1.807) is 6.20 Å². The fourth-order valence-corrected chi connectivity index (χ4v) is 2.30. The van der Waals surface area contributed by atoms with Gasteiger partial charge in [0.1, 0.15) is 5.60 Å². The van der Waals surface area contributed by atoms with Crippen LogP contribution in [0, 0.1) is 0 Å². The highest BCUT2D eigenvalue weighted by Crippen LogP contribution is 2.23. The molecule has 0 bridgehead atoms. The number of amides is 1. The lowest BCUT2D eigenvalue weighted by Gasteiger charge is -2.38. The summed E-state index contributed by atoms with van der Waals surface area (Å²) in [4.78, 5) is 11.6. The third-order valence-electron chi connectivity index (χ3n) is 3.33. The van der Waals surface area contributed by atoms with Gasteiger partial charge in [-0.25, -0.2) is 4.79 Å². The van der Waals surface area contributed by atoms with Crippen molar-refractivity contribution in [1.29, 1.82) is 0 Å². The van der Waals surface area contributed by atoms with Crippen LogP contribution in [0.1, 0.15) is 52.3 Å². The standard InChI is InChI=1S/C14H24N4O2/c1-9(12-5-6-15-18-12)16-10-7-11(8-10)17-13(19)20-14(2,3)4/h5-6,9-11,16H,7-8H2,1-4H3,(H,15,18)(H,17,19). The number of alkyl carbamates (subject to hydrolysis) is 1. The molecule has 2 rings (SSSR count). The number of carbonyl (C=O) groups is 1. The zero-order valence-corrected chi connectivity index (χ0v) is 12.6. The van der Waals surface area contributed by atoms with E-state index in [0.717, 1.165) is 18.5 Å². The molecule has 1 heterocycles. The van der Waals surface area contributed by atoms with E-state index in [1.165, 1.54) is 0 Å². The molecule has 112 valence electrons. The minimum absolute atomic E-state index is 0.205. The molecule has 3 N–H and O–H groups in total. The smallest absolute Gasteiger partial charge is 0.407 e. The van der Waals surface area contributed by atoms with Crippen LogP contribution in [0.25, 0.3) is 0 Å². The molecule has 1 aliphatic rings. The third kappa shape index (κ3) is 4.23. The van der Waals surface area contributed by atoms with Crippen LogP contribution in [0.3, 0.4) is 0 Å². The topological polar surface area (TPSA) is 79.0 Å². The van der Waals surface area contributed by atoms with Crippen LogP contribution in [-0.2, 0) is 4.74 Å². The predicted octanol–water partition coefficient (Wildman–Crippen LogP) is 2.12. The van der Waals surface area contributed by atoms with Crippen molar-refractivity contribution in [2.45, 2.75) is 64.3 Å². The molecule has 1 saturated carbocycles. The van der Waals surface area contributed by atoms with Crippen molar-refractivity contribution in [3.8, 4) is 0 Å². The van der Waals surface area contributed by atoms with Gasteiger partial charge in [-0.05, 0) is 46.6 Å². The molecule has 6 heteroatoms. The monoisotopic (exact) mass is 280 g/mol. The van der Waals surface area contributed by atoms with Crippen LogP contribution in [-0.4, -0.2) is 34.0 Å². The molecule has 1 unspecified atom stereocenters. The van der Waals surface area contributed by atoms with E-state index in [2.05, 4.69) is 27.8 Å². The van der Waals surface area contributed by atoms with E-state index in [4.69, 9.17) is 4.74 Å². The minimum atomic E-state index is -0.444. The third-order valence-corrected chi connectivity index (χ3v) is 3.33. The Bertz CT molecular complexity index is 433. The molecular formula is C14H24N4O2. The highest BCUT2D eigenvalue weighted by molar-refractivity contribution is 5.68. The number of nitrogens with zero attached hydrogens (tertiary/aromatic N) is 1. The molecule has 0 radical (unpaired) electrons. The second kappa shape index (κ2) is 5.83. The summed E-state index contributed by atoms with van der Waals surface area (Å²) in [6, 6.07) is 2.83.